The summed E-state index contributed by atoms with van der Waals surface area (Å²) in [7, 11) is 0. The fourth-order valence-corrected chi connectivity index (χ4v) is 1.68. The third kappa shape index (κ3) is 1.14. The topological polar surface area (TPSA) is 55.2 Å². The van der Waals surface area contributed by atoms with Crippen molar-refractivity contribution in [2.75, 3.05) is 11.9 Å². The first-order valence-electron chi connectivity index (χ1n) is 4.21. The molecule has 0 radical (unpaired) electrons. The highest BCUT2D eigenvalue weighted by Crippen LogP contribution is 2.37. The summed E-state index contributed by atoms with van der Waals surface area (Å²) < 4.78 is 0. The predicted molar refractivity (Wildman–Crippen MR) is 50.0 cm³/mol. The van der Waals surface area contributed by atoms with E-state index < -0.39 is 0 Å². The maximum Gasteiger partial charge on any atom is 0.292 e. The van der Waals surface area contributed by atoms with Crippen molar-refractivity contribution in [1.82, 2.24) is 0 Å². The smallest absolute Gasteiger partial charge is 0.292 e. The van der Waals surface area contributed by atoms with Crippen molar-refractivity contribution in [3.63, 3.8) is 0 Å². The molecule has 1 aliphatic rings. The van der Waals surface area contributed by atoms with Crippen LogP contribution in [0.5, 0.6) is 0 Å². The van der Waals surface area contributed by atoms with E-state index >= 15 is 0 Å². The number of nitro groups is 1. The number of nitrogens with zero attached hydrogens (tertiary/aromatic N) is 1. The minimum Gasteiger partial charge on any atom is -0.379 e. The van der Waals surface area contributed by atoms with E-state index in [9.17, 15) is 10.1 Å². The molecule has 1 aromatic rings. The van der Waals surface area contributed by atoms with Gasteiger partial charge in [0.05, 0.1) is 4.92 Å². The zero-order chi connectivity index (χ0) is 9.42. The third-order valence-corrected chi connectivity index (χ3v) is 2.39. The van der Waals surface area contributed by atoms with Crippen LogP contribution in [0.15, 0.2) is 18.2 Å². The van der Waals surface area contributed by atoms with Gasteiger partial charge in [-0.25, -0.2) is 0 Å². The zero-order valence-electron chi connectivity index (χ0n) is 7.28. The summed E-state index contributed by atoms with van der Waals surface area (Å²) >= 11 is 0. The summed E-state index contributed by atoms with van der Waals surface area (Å²) in [6.45, 7) is 2.85. The maximum absolute atomic E-state index is 10.6. The quantitative estimate of drug-likeness (QED) is 0.529. The highest BCUT2D eigenvalue weighted by Gasteiger charge is 2.25. The Morgan fingerprint density at radius 2 is 2.38 bits per heavy atom. The minimum absolute atomic E-state index is 0.182. The number of fused-ring (bicyclic) bond motifs is 1. The molecule has 1 unspecified atom stereocenters. The summed E-state index contributed by atoms with van der Waals surface area (Å²) in [5.41, 5.74) is 1.93. The van der Waals surface area contributed by atoms with Crippen LogP contribution in [0.2, 0.25) is 0 Å². The zero-order valence-corrected chi connectivity index (χ0v) is 7.28. The normalized spacial score (nSPS) is 19.3. The Labute approximate surface area is 75.7 Å². The lowest BCUT2D eigenvalue weighted by molar-refractivity contribution is -0.383. The fraction of sp³-hybridized carbons (Fsp3) is 0.333. The van der Waals surface area contributed by atoms with Crippen molar-refractivity contribution in [3.05, 3.63) is 33.9 Å². The van der Waals surface area contributed by atoms with E-state index in [1.54, 1.807) is 6.07 Å². The number of para-hydroxylation sites is 1. The maximum atomic E-state index is 10.6. The Bertz CT molecular complexity index is 363. The molecule has 4 heteroatoms. The molecule has 0 spiro atoms. The second kappa shape index (κ2) is 2.73. The molecule has 4 nitrogen and oxygen atoms in total. The lowest BCUT2D eigenvalue weighted by Crippen LogP contribution is -1.97. The highest BCUT2D eigenvalue weighted by atomic mass is 16.6. The Morgan fingerprint density at radius 3 is 3.08 bits per heavy atom. The molecule has 0 saturated heterocycles. The molecule has 0 amide bonds. The van der Waals surface area contributed by atoms with E-state index in [0.717, 1.165) is 12.1 Å². The van der Waals surface area contributed by atoms with Crippen molar-refractivity contribution in [3.8, 4) is 0 Å². The van der Waals surface area contributed by atoms with Crippen LogP contribution in [0, 0.1) is 10.1 Å². The number of hydrogen-bond acceptors (Lipinski definition) is 3. The van der Waals surface area contributed by atoms with E-state index in [0.29, 0.717) is 11.6 Å². The fourth-order valence-electron chi connectivity index (χ4n) is 1.68. The summed E-state index contributed by atoms with van der Waals surface area (Å²) in [5, 5.41) is 13.7. The summed E-state index contributed by atoms with van der Waals surface area (Å²) in [5.74, 6) is 0.370. The molecule has 1 atom stereocenters. The van der Waals surface area contributed by atoms with Crippen molar-refractivity contribution >= 4 is 11.4 Å². The first kappa shape index (κ1) is 8.04. The predicted octanol–water partition coefficient (Wildman–Crippen LogP) is 2.12. The first-order chi connectivity index (χ1) is 6.20. The molecule has 13 heavy (non-hydrogen) atoms. The molecule has 0 aromatic heterocycles. The van der Waals surface area contributed by atoms with Gasteiger partial charge in [0.2, 0.25) is 0 Å². The van der Waals surface area contributed by atoms with Crippen LogP contribution < -0.4 is 5.32 Å². The number of anilines is 1. The average molecular weight is 178 g/mol. The van der Waals surface area contributed by atoms with Crippen molar-refractivity contribution in [2.24, 2.45) is 0 Å². The molecular formula is C9H10N2O2. The largest absolute Gasteiger partial charge is 0.379 e. The molecule has 0 aliphatic carbocycles. The molecule has 1 N–H and O–H groups in total. The number of nitro benzene ring substituents is 1. The standard InChI is InChI=1S/C9H10N2O2/c1-6-5-10-9-7(6)3-2-4-8(9)11(12)13/h2-4,6,10H,5H2,1H3. The van der Waals surface area contributed by atoms with Crippen molar-refractivity contribution in [2.45, 2.75) is 12.8 Å². The van der Waals surface area contributed by atoms with Gasteiger partial charge in [0.15, 0.2) is 0 Å². The Morgan fingerprint density at radius 1 is 1.62 bits per heavy atom. The summed E-state index contributed by atoms with van der Waals surface area (Å²) in [4.78, 5) is 10.3. The summed E-state index contributed by atoms with van der Waals surface area (Å²) in [6, 6.07) is 5.21. The van der Waals surface area contributed by atoms with Gasteiger partial charge in [0.25, 0.3) is 5.69 Å². The van der Waals surface area contributed by atoms with E-state index in [-0.39, 0.29) is 10.6 Å². The summed E-state index contributed by atoms with van der Waals surface area (Å²) in [6.07, 6.45) is 0. The highest BCUT2D eigenvalue weighted by molar-refractivity contribution is 5.70. The first-order valence-corrected chi connectivity index (χ1v) is 4.21. The van der Waals surface area contributed by atoms with Crippen molar-refractivity contribution in [1.29, 1.82) is 0 Å². The van der Waals surface area contributed by atoms with E-state index in [2.05, 4.69) is 12.2 Å². The lowest BCUT2D eigenvalue weighted by Gasteiger charge is -2.01. The van der Waals surface area contributed by atoms with Crippen LogP contribution >= 0.6 is 0 Å². The van der Waals surface area contributed by atoms with E-state index in [1.807, 2.05) is 6.07 Å². The molecule has 0 bridgehead atoms. The number of hydrogen-bond donors (Lipinski definition) is 1. The van der Waals surface area contributed by atoms with Crippen LogP contribution in [-0.4, -0.2) is 11.5 Å². The van der Waals surface area contributed by atoms with Gasteiger partial charge in [-0.2, -0.15) is 0 Å². The van der Waals surface area contributed by atoms with Gasteiger partial charge in [-0.3, -0.25) is 10.1 Å². The third-order valence-electron chi connectivity index (χ3n) is 2.39. The van der Waals surface area contributed by atoms with E-state index in [1.165, 1.54) is 6.07 Å². The van der Waals surface area contributed by atoms with Crippen LogP contribution in [0.4, 0.5) is 11.4 Å². The van der Waals surface area contributed by atoms with Gasteiger partial charge in [-0.1, -0.05) is 19.1 Å². The van der Waals surface area contributed by atoms with Crippen LogP contribution in [0.1, 0.15) is 18.4 Å². The molecule has 68 valence electrons. The number of rotatable bonds is 1. The van der Waals surface area contributed by atoms with Crippen LogP contribution in [-0.2, 0) is 0 Å². The van der Waals surface area contributed by atoms with Gasteiger partial charge < -0.3 is 5.32 Å². The van der Waals surface area contributed by atoms with Crippen LogP contribution in [0.3, 0.4) is 0 Å². The molecular weight excluding hydrogens is 168 g/mol. The molecule has 0 saturated carbocycles. The van der Waals surface area contributed by atoms with Crippen LogP contribution in [0.25, 0.3) is 0 Å². The van der Waals surface area contributed by atoms with Gasteiger partial charge in [0.1, 0.15) is 5.69 Å². The monoisotopic (exact) mass is 178 g/mol. The van der Waals surface area contributed by atoms with Crippen molar-refractivity contribution < 1.29 is 4.92 Å². The average Bonchev–Trinajstić information content (AvgIpc) is 2.48. The van der Waals surface area contributed by atoms with Gasteiger partial charge >= 0.3 is 0 Å². The number of benzene rings is 1. The number of nitrogens with one attached hydrogen (secondary N) is 1. The van der Waals surface area contributed by atoms with E-state index in [4.69, 9.17) is 0 Å². The Balaban J connectivity index is 2.57. The second-order valence-electron chi connectivity index (χ2n) is 3.28. The van der Waals surface area contributed by atoms with Gasteiger partial charge in [-0.05, 0) is 5.56 Å². The Hall–Kier alpha value is -1.58. The minimum atomic E-state index is -0.343. The van der Waals surface area contributed by atoms with Gasteiger partial charge in [0, 0.05) is 18.5 Å². The molecule has 1 heterocycles. The second-order valence-corrected chi connectivity index (χ2v) is 3.28. The molecule has 2 rings (SSSR count). The molecule has 1 aliphatic heterocycles. The van der Waals surface area contributed by atoms with Gasteiger partial charge in [-0.15, -0.1) is 0 Å². The molecule has 0 fully saturated rings. The SMILES string of the molecule is CC1CNc2c1cccc2[N+](=O)[O-]. The molecule has 1 aromatic carbocycles. The lowest BCUT2D eigenvalue weighted by atomic mass is 10.0. The Kier molecular flexibility index (Phi) is 1.69.